The molecule has 0 bridgehead atoms. The average molecular weight is 166 g/mol. The minimum Gasteiger partial charge on any atom is -0.304 e. The van der Waals surface area contributed by atoms with Crippen LogP contribution in [0, 0.1) is 6.92 Å². The lowest BCUT2D eigenvalue weighted by molar-refractivity contribution is 0.126. The summed E-state index contributed by atoms with van der Waals surface area (Å²) < 4.78 is 0. The molecule has 1 atom stereocenters. The van der Waals surface area contributed by atoms with Crippen molar-refractivity contribution in [3.63, 3.8) is 0 Å². The van der Waals surface area contributed by atoms with Gasteiger partial charge in [0.2, 0.25) is 0 Å². The quantitative estimate of drug-likeness (QED) is 0.690. The van der Waals surface area contributed by atoms with Crippen molar-refractivity contribution in [2.45, 2.75) is 19.8 Å². The van der Waals surface area contributed by atoms with E-state index in [4.69, 9.17) is 5.90 Å². The SMILES string of the molecule is Cc1ccc(C(C)CON)cn1. The summed E-state index contributed by atoms with van der Waals surface area (Å²) in [4.78, 5) is 8.75. The van der Waals surface area contributed by atoms with Gasteiger partial charge in [0.1, 0.15) is 0 Å². The fraction of sp³-hybridized carbons (Fsp3) is 0.444. The predicted octanol–water partition coefficient (Wildman–Crippen LogP) is 1.38. The van der Waals surface area contributed by atoms with Crippen LogP contribution in [0.3, 0.4) is 0 Å². The van der Waals surface area contributed by atoms with E-state index in [2.05, 4.69) is 16.7 Å². The van der Waals surface area contributed by atoms with Crippen LogP contribution < -0.4 is 5.90 Å². The van der Waals surface area contributed by atoms with Gasteiger partial charge in [0.05, 0.1) is 6.61 Å². The van der Waals surface area contributed by atoms with Crippen molar-refractivity contribution in [3.8, 4) is 0 Å². The third kappa shape index (κ3) is 2.29. The minimum absolute atomic E-state index is 0.308. The van der Waals surface area contributed by atoms with Crippen LogP contribution in [-0.2, 0) is 4.84 Å². The number of hydrogen-bond acceptors (Lipinski definition) is 3. The maximum absolute atomic E-state index is 4.98. The lowest BCUT2D eigenvalue weighted by atomic mass is 10.0. The molecule has 3 nitrogen and oxygen atoms in total. The van der Waals surface area contributed by atoms with E-state index in [1.807, 2.05) is 25.3 Å². The topological polar surface area (TPSA) is 48.1 Å². The van der Waals surface area contributed by atoms with Crippen LogP contribution in [0.1, 0.15) is 24.1 Å². The summed E-state index contributed by atoms with van der Waals surface area (Å²) in [6, 6.07) is 4.04. The first-order valence-corrected chi connectivity index (χ1v) is 3.98. The molecule has 0 aromatic carbocycles. The molecule has 0 saturated heterocycles. The average Bonchev–Trinajstić information content (AvgIpc) is 2.06. The Morgan fingerprint density at radius 1 is 1.58 bits per heavy atom. The highest BCUT2D eigenvalue weighted by Gasteiger charge is 2.04. The van der Waals surface area contributed by atoms with E-state index >= 15 is 0 Å². The van der Waals surface area contributed by atoms with Crippen molar-refractivity contribution in [3.05, 3.63) is 29.6 Å². The Labute approximate surface area is 72.5 Å². The minimum atomic E-state index is 0.308. The van der Waals surface area contributed by atoms with Gasteiger partial charge < -0.3 is 4.84 Å². The highest BCUT2D eigenvalue weighted by atomic mass is 16.6. The van der Waals surface area contributed by atoms with Gasteiger partial charge in [-0.2, -0.15) is 0 Å². The number of aryl methyl sites for hydroxylation is 1. The normalized spacial score (nSPS) is 12.9. The molecule has 0 radical (unpaired) electrons. The first-order chi connectivity index (χ1) is 5.74. The molecular weight excluding hydrogens is 152 g/mol. The van der Waals surface area contributed by atoms with E-state index in [1.165, 1.54) is 0 Å². The molecule has 0 aliphatic carbocycles. The lowest BCUT2D eigenvalue weighted by Gasteiger charge is -2.08. The number of aromatic nitrogens is 1. The van der Waals surface area contributed by atoms with Crippen molar-refractivity contribution in [1.82, 2.24) is 4.98 Å². The van der Waals surface area contributed by atoms with E-state index in [9.17, 15) is 0 Å². The summed E-state index contributed by atoms with van der Waals surface area (Å²) in [6.07, 6.45) is 1.86. The monoisotopic (exact) mass is 166 g/mol. The van der Waals surface area contributed by atoms with Crippen molar-refractivity contribution in [2.24, 2.45) is 5.90 Å². The highest BCUT2D eigenvalue weighted by Crippen LogP contribution is 2.13. The summed E-state index contributed by atoms with van der Waals surface area (Å²) >= 11 is 0. The van der Waals surface area contributed by atoms with Crippen LogP contribution in [0.2, 0.25) is 0 Å². The van der Waals surface area contributed by atoms with Gasteiger partial charge in [-0.15, -0.1) is 0 Å². The highest BCUT2D eigenvalue weighted by molar-refractivity contribution is 5.16. The van der Waals surface area contributed by atoms with Gasteiger partial charge in [0.15, 0.2) is 0 Å². The summed E-state index contributed by atoms with van der Waals surface area (Å²) in [7, 11) is 0. The number of nitrogens with zero attached hydrogens (tertiary/aromatic N) is 1. The second kappa shape index (κ2) is 4.18. The largest absolute Gasteiger partial charge is 0.304 e. The molecule has 3 heteroatoms. The van der Waals surface area contributed by atoms with Crippen LogP contribution in [-0.4, -0.2) is 11.6 Å². The Balaban J connectivity index is 2.68. The molecule has 1 aromatic rings. The zero-order valence-electron chi connectivity index (χ0n) is 7.45. The standard InChI is InChI=1S/C9H14N2O/c1-7(6-12-10)9-4-3-8(2)11-5-9/h3-5,7H,6,10H2,1-2H3. The first kappa shape index (κ1) is 9.16. The van der Waals surface area contributed by atoms with Gasteiger partial charge in [0, 0.05) is 17.8 Å². The summed E-state index contributed by atoms with van der Waals surface area (Å²) in [5.41, 5.74) is 2.19. The third-order valence-electron chi connectivity index (χ3n) is 1.85. The Kier molecular flexibility index (Phi) is 3.19. The molecule has 0 aliphatic rings. The van der Waals surface area contributed by atoms with Gasteiger partial charge in [-0.05, 0) is 18.6 Å². The van der Waals surface area contributed by atoms with Gasteiger partial charge >= 0.3 is 0 Å². The van der Waals surface area contributed by atoms with Crippen molar-refractivity contribution in [1.29, 1.82) is 0 Å². The smallest absolute Gasteiger partial charge is 0.0745 e. The van der Waals surface area contributed by atoms with Crippen LogP contribution in [0.15, 0.2) is 18.3 Å². The summed E-state index contributed by atoms with van der Waals surface area (Å²) in [6.45, 7) is 4.55. The van der Waals surface area contributed by atoms with Crippen LogP contribution in [0.25, 0.3) is 0 Å². The zero-order chi connectivity index (χ0) is 8.97. The summed E-state index contributed by atoms with van der Waals surface area (Å²) in [5, 5.41) is 0. The molecule has 0 amide bonds. The Hall–Kier alpha value is -0.930. The predicted molar refractivity (Wildman–Crippen MR) is 47.5 cm³/mol. The van der Waals surface area contributed by atoms with Crippen molar-refractivity contribution in [2.75, 3.05) is 6.61 Å². The van der Waals surface area contributed by atoms with Crippen LogP contribution >= 0.6 is 0 Å². The molecular formula is C9H14N2O. The second-order valence-electron chi connectivity index (χ2n) is 2.97. The Morgan fingerprint density at radius 3 is 2.83 bits per heavy atom. The Bertz CT molecular complexity index is 233. The molecule has 0 aliphatic heterocycles. The molecule has 12 heavy (non-hydrogen) atoms. The molecule has 66 valence electrons. The maximum Gasteiger partial charge on any atom is 0.0745 e. The molecule has 1 heterocycles. The van der Waals surface area contributed by atoms with Gasteiger partial charge in [0.25, 0.3) is 0 Å². The molecule has 0 saturated carbocycles. The van der Waals surface area contributed by atoms with Crippen LogP contribution in [0.5, 0.6) is 0 Å². The fourth-order valence-electron chi connectivity index (χ4n) is 1.01. The number of rotatable bonds is 3. The lowest BCUT2D eigenvalue weighted by Crippen LogP contribution is -2.08. The molecule has 0 fully saturated rings. The van der Waals surface area contributed by atoms with Crippen molar-refractivity contribution >= 4 is 0 Å². The second-order valence-corrected chi connectivity index (χ2v) is 2.97. The third-order valence-corrected chi connectivity index (χ3v) is 1.85. The molecule has 0 spiro atoms. The van der Waals surface area contributed by atoms with Gasteiger partial charge in [-0.1, -0.05) is 13.0 Å². The van der Waals surface area contributed by atoms with E-state index in [0.717, 1.165) is 11.3 Å². The number of pyridine rings is 1. The Morgan fingerprint density at radius 2 is 2.33 bits per heavy atom. The zero-order valence-corrected chi connectivity index (χ0v) is 7.45. The number of nitrogens with two attached hydrogens (primary N) is 1. The van der Waals surface area contributed by atoms with E-state index in [0.29, 0.717) is 12.5 Å². The number of hydrogen-bond donors (Lipinski definition) is 1. The molecule has 1 rings (SSSR count). The maximum atomic E-state index is 4.98. The summed E-state index contributed by atoms with van der Waals surface area (Å²) in [5.74, 6) is 5.28. The molecule has 1 aromatic heterocycles. The first-order valence-electron chi connectivity index (χ1n) is 3.98. The van der Waals surface area contributed by atoms with Gasteiger partial charge in [-0.25, -0.2) is 5.90 Å². The van der Waals surface area contributed by atoms with Crippen molar-refractivity contribution < 1.29 is 4.84 Å². The van der Waals surface area contributed by atoms with E-state index in [1.54, 1.807) is 0 Å². The molecule has 1 unspecified atom stereocenters. The fourth-order valence-corrected chi connectivity index (χ4v) is 1.01. The molecule has 2 N–H and O–H groups in total. The van der Waals surface area contributed by atoms with Gasteiger partial charge in [-0.3, -0.25) is 4.98 Å². The van der Waals surface area contributed by atoms with E-state index in [-0.39, 0.29) is 0 Å². The van der Waals surface area contributed by atoms with E-state index < -0.39 is 0 Å². The van der Waals surface area contributed by atoms with Crippen LogP contribution in [0.4, 0.5) is 0 Å².